The van der Waals surface area contributed by atoms with Crippen molar-refractivity contribution < 1.29 is 23.9 Å². The summed E-state index contributed by atoms with van der Waals surface area (Å²) >= 11 is 0. The number of furan rings is 1. The summed E-state index contributed by atoms with van der Waals surface area (Å²) < 4.78 is 6.02. The molecule has 1 aliphatic heterocycles. The molecule has 0 bridgehead atoms. The van der Waals surface area contributed by atoms with Crippen molar-refractivity contribution in [3.05, 3.63) is 46.7 Å². The van der Waals surface area contributed by atoms with Crippen LogP contribution >= 0.6 is 0 Å². The normalized spacial score (nSPS) is 14.6. The van der Waals surface area contributed by atoms with Crippen molar-refractivity contribution in [3.63, 3.8) is 0 Å². The van der Waals surface area contributed by atoms with E-state index in [1.807, 2.05) is 38.1 Å². The minimum atomic E-state index is -1.11. The molecule has 2 amide bonds. The predicted octanol–water partition coefficient (Wildman–Crippen LogP) is 1.94. The zero-order valence-corrected chi connectivity index (χ0v) is 22.7. The van der Waals surface area contributed by atoms with Gasteiger partial charge in [0, 0.05) is 37.9 Å². The molecule has 39 heavy (non-hydrogen) atoms. The minimum absolute atomic E-state index is 0.00163. The number of amides is 2. The molecule has 0 aliphatic carbocycles. The molecule has 212 valence electrons. The summed E-state index contributed by atoms with van der Waals surface area (Å²) in [5.41, 5.74) is 15.2. The Balaban J connectivity index is 1.36. The van der Waals surface area contributed by atoms with Crippen LogP contribution in [0.4, 0.5) is 0 Å². The van der Waals surface area contributed by atoms with Gasteiger partial charge in [-0.25, -0.2) is 4.79 Å². The maximum Gasteiger partial charge on any atom is 0.326 e. The van der Waals surface area contributed by atoms with E-state index >= 15 is 0 Å². The summed E-state index contributed by atoms with van der Waals surface area (Å²) in [4.78, 5) is 38.3. The van der Waals surface area contributed by atoms with Crippen molar-refractivity contribution in [2.24, 2.45) is 11.5 Å². The van der Waals surface area contributed by atoms with Crippen LogP contribution in [0.25, 0.3) is 11.0 Å². The van der Waals surface area contributed by atoms with E-state index in [1.54, 1.807) is 4.90 Å². The molecule has 2 unspecified atom stereocenters. The van der Waals surface area contributed by atoms with Gasteiger partial charge in [0.25, 0.3) is 0 Å². The summed E-state index contributed by atoms with van der Waals surface area (Å²) in [5, 5.41) is 23.5. The number of nitrogens with one attached hydrogen (secondary N) is 3. The molecule has 2 heterocycles. The molecule has 8 N–H and O–H groups in total. The first-order valence-electron chi connectivity index (χ1n) is 13.4. The number of hydrogen-bond acceptors (Lipinski definition) is 6. The Morgan fingerprint density at radius 3 is 2.64 bits per heavy atom. The third-order valence-electron chi connectivity index (χ3n) is 7.08. The number of guanidine groups is 1. The van der Waals surface area contributed by atoms with Crippen molar-refractivity contribution in [2.45, 2.75) is 70.9 Å². The number of nitrogens with zero attached hydrogens (tertiary/aromatic N) is 1. The predicted molar refractivity (Wildman–Crippen MR) is 149 cm³/mol. The number of benzene rings is 1. The van der Waals surface area contributed by atoms with Crippen LogP contribution in [0.5, 0.6) is 0 Å². The van der Waals surface area contributed by atoms with Gasteiger partial charge in [-0.05, 0) is 43.7 Å². The molecule has 0 saturated carbocycles. The van der Waals surface area contributed by atoms with Gasteiger partial charge in [0.05, 0.1) is 6.04 Å². The maximum atomic E-state index is 12.4. The van der Waals surface area contributed by atoms with E-state index in [0.29, 0.717) is 51.1 Å². The Hall–Kier alpha value is -3.86. The molecule has 1 aromatic heterocycles. The number of fused-ring (bicyclic) bond motifs is 1. The number of aliphatic carboxylic acids is 1. The first kappa shape index (κ1) is 29.7. The smallest absolute Gasteiger partial charge is 0.326 e. The zero-order chi connectivity index (χ0) is 28.5. The number of nitrogens with two attached hydrogens (primary N) is 2. The number of carboxylic acids is 1. The lowest BCUT2D eigenvalue weighted by molar-refractivity contribution is -0.141. The average molecular weight is 541 g/mol. The maximum absolute atomic E-state index is 12.4. The second-order valence-electron chi connectivity index (χ2n) is 10.0. The number of carbonyl (C=O) groups excluding carboxylic acids is 2. The van der Waals surface area contributed by atoms with Gasteiger partial charge in [-0.1, -0.05) is 43.2 Å². The van der Waals surface area contributed by atoms with Crippen LogP contribution in [0, 0.1) is 12.3 Å². The molecule has 0 spiro atoms. The van der Waals surface area contributed by atoms with E-state index in [1.165, 1.54) is 0 Å². The van der Waals surface area contributed by atoms with Crippen LogP contribution in [-0.4, -0.2) is 65.5 Å². The third-order valence-corrected chi connectivity index (χ3v) is 7.08. The zero-order valence-electron chi connectivity index (χ0n) is 22.7. The van der Waals surface area contributed by atoms with Crippen LogP contribution in [0.3, 0.4) is 0 Å². The highest BCUT2D eigenvalue weighted by Gasteiger charge is 2.24. The van der Waals surface area contributed by atoms with Crippen LogP contribution in [0.2, 0.25) is 0 Å². The van der Waals surface area contributed by atoms with Crippen molar-refractivity contribution in [1.29, 1.82) is 5.41 Å². The fourth-order valence-corrected chi connectivity index (χ4v) is 4.73. The number of carbonyl (C=O) groups is 3. The lowest BCUT2D eigenvalue weighted by atomic mass is 10.0. The summed E-state index contributed by atoms with van der Waals surface area (Å²) in [5.74, 6) is -1.13. The van der Waals surface area contributed by atoms with E-state index in [9.17, 15) is 19.5 Å². The molecule has 2 atom stereocenters. The van der Waals surface area contributed by atoms with Crippen molar-refractivity contribution in [2.75, 3.05) is 19.6 Å². The molecule has 1 aliphatic rings. The molecular formula is C28H40N6O5. The van der Waals surface area contributed by atoms with Crippen LogP contribution in [0.1, 0.15) is 55.9 Å². The molecule has 0 radical (unpaired) electrons. The van der Waals surface area contributed by atoms with Gasteiger partial charge in [0.2, 0.25) is 11.8 Å². The third kappa shape index (κ3) is 8.06. The Bertz CT molecular complexity index is 1240. The van der Waals surface area contributed by atoms with Crippen LogP contribution in [-0.2, 0) is 27.2 Å². The standard InChI is InChI=1S/C28H40N6O5/c1-3-19-8-7-9-20-17(2)23(39-25(19)20)15-22(27(37)38)33-24(35)10-5-4-6-12-32-26(36)21(29)14-18-11-13-34(16-18)28(30)31/h7-9,11,21-22H,3-6,10,12-16,29H2,1-2H3,(H3,30,31)(H,32,36)(H,33,35)(H,37,38). The molecular weight excluding hydrogens is 500 g/mol. The van der Waals surface area contributed by atoms with Gasteiger partial charge in [-0.3, -0.25) is 15.0 Å². The average Bonchev–Trinajstić information content (AvgIpc) is 3.50. The fourth-order valence-electron chi connectivity index (χ4n) is 4.73. The summed E-state index contributed by atoms with van der Waals surface area (Å²) in [6.45, 7) is 5.45. The Labute approximate surface area is 228 Å². The van der Waals surface area contributed by atoms with Gasteiger partial charge < -0.3 is 36.5 Å². The van der Waals surface area contributed by atoms with Crippen molar-refractivity contribution >= 4 is 34.7 Å². The largest absolute Gasteiger partial charge is 0.480 e. The Morgan fingerprint density at radius 1 is 1.21 bits per heavy atom. The topological polar surface area (TPSA) is 188 Å². The number of para-hydroxylation sites is 1. The van der Waals surface area contributed by atoms with E-state index < -0.39 is 18.1 Å². The van der Waals surface area contributed by atoms with Gasteiger partial charge >= 0.3 is 5.97 Å². The highest BCUT2D eigenvalue weighted by molar-refractivity contribution is 5.86. The van der Waals surface area contributed by atoms with E-state index in [2.05, 4.69) is 10.6 Å². The first-order valence-corrected chi connectivity index (χ1v) is 13.4. The number of carboxylic acid groups (broad SMARTS) is 1. The first-order chi connectivity index (χ1) is 18.6. The lowest BCUT2D eigenvalue weighted by Gasteiger charge is -2.17. The quantitative estimate of drug-likeness (QED) is 0.0907. The van der Waals surface area contributed by atoms with E-state index in [4.69, 9.17) is 21.3 Å². The fraction of sp³-hybridized carbons (Fsp3) is 0.500. The molecule has 11 nitrogen and oxygen atoms in total. The lowest BCUT2D eigenvalue weighted by Crippen LogP contribution is -2.42. The summed E-state index contributed by atoms with van der Waals surface area (Å²) in [6, 6.07) is 4.15. The number of unbranched alkanes of at least 4 members (excludes halogenated alkanes) is 2. The number of rotatable bonds is 14. The second-order valence-corrected chi connectivity index (χ2v) is 10.0. The highest BCUT2D eigenvalue weighted by atomic mass is 16.4. The van der Waals surface area contributed by atoms with Gasteiger partial charge in [-0.15, -0.1) is 0 Å². The molecule has 1 aromatic carbocycles. The molecule has 11 heteroatoms. The van der Waals surface area contributed by atoms with Gasteiger partial charge in [0.15, 0.2) is 5.96 Å². The molecule has 2 aromatic rings. The van der Waals surface area contributed by atoms with Crippen LogP contribution < -0.4 is 22.1 Å². The summed E-state index contributed by atoms with van der Waals surface area (Å²) in [7, 11) is 0. The van der Waals surface area contributed by atoms with E-state index in [0.717, 1.165) is 34.1 Å². The van der Waals surface area contributed by atoms with Crippen molar-refractivity contribution in [3.8, 4) is 0 Å². The molecule has 0 saturated heterocycles. The van der Waals surface area contributed by atoms with Crippen LogP contribution in [0.15, 0.2) is 34.3 Å². The monoisotopic (exact) mass is 540 g/mol. The highest BCUT2D eigenvalue weighted by Crippen LogP contribution is 2.29. The number of aryl methyl sites for hydroxylation is 2. The van der Waals surface area contributed by atoms with E-state index in [-0.39, 0.29) is 30.6 Å². The molecule has 0 fully saturated rings. The SMILES string of the molecule is CCc1cccc2c(C)c(CC(NC(=O)CCCCCNC(=O)C(N)CC3=CCN(C(=N)N)C3)C(=O)O)oc12. The molecule has 3 rings (SSSR count). The number of hydrogen-bond donors (Lipinski definition) is 6. The summed E-state index contributed by atoms with van der Waals surface area (Å²) in [6.07, 6.45) is 5.35. The Kier molecular flexibility index (Phi) is 10.5. The minimum Gasteiger partial charge on any atom is -0.480 e. The van der Waals surface area contributed by atoms with Crippen molar-refractivity contribution in [1.82, 2.24) is 15.5 Å². The van der Waals surface area contributed by atoms with Gasteiger partial charge in [-0.2, -0.15) is 0 Å². The Morgan fingerprint density at radius 2 is 1.97 bits per heavy atom. The van der Waals surface area contributed by atoms with Gasteiger partial charge in [0.1, 0.15) is 17.4 Å². The second kappa shape index (κ2) is 13.8.